The van der Waals surface area contributed by atoms with Crippen LogP contribution in [0, 0.1) is 5.82 Å². The molecule has 3 N–H and O–H groups in total. The van der Waals surface area contributed by atoms with Crippen molar-refractivity contribution in [3.05, 3.63) is 58.1 Å². The van der Waals surface area contributed by atoms with Crippen LogP contribution in [0.4, 0.5) is 27.6 Å². The zero-order chi connectivity index (χ0) is 22.3. The minimum atomic E-state index is -4.68. The van der Waals surface area contributed by atoms with E-state index in [1.165, 1.54) is 13.0 Å². The Morgan fingerprint density at radius 3 is 2.70 bits per heavy atom. The van der Waals surface area contributed by atoms with E-state index in [1.807, 2.05) is 0 Å². The van der Waals surface area contributed by atoms with Gasteiger partial charge < -0.3 is 15.8 Å². The molecule has 2 aromatic rings. The van der Waals surface area contributed by atoms with Gasteiger partial charge in [-0.25, -0.2) is 18.8 Å². The zero-order valence-corrected chi connectivity index (χ0v) is 16.0. The number of carbonyl (C=O) groups excluding carboxylic acids is 1. The number of carbonyl (C=O) groups is 1. The number of benzene rings is 1. The lowest BCUT2D eigenvalue weighted by Crippen LogP contribution is -2.43. The molecule has 0 fully saturated rings. The van der Waals surface area contributed by atoms with Crippen LogP contribution in [0.15, 0.2) is 35.5 Å². The summed E-state index contributed by atoms with van der Waals surface area (Å²) in [6.07, 6.45) is -5.94. The lowest BCUT2D eigenvalue weighted by molar-refractivity contribution is -0.137. The molecule has 1 aliphatic rings. The van der Waals surface area contributed by atoms with Crippen LogP contribution in [0.1, 0.15) is 28.5 Å². The number of amidine groups is 1. The molecule has 160 valence electrons. The number of aliphatic imine (C=N–C) groups is 1. The maximum atomic E-state index is 14.5. The Hall–Kier alpha value is -2.95. The topological polar surface area (TPSA) is 89.6 Å². The molecule has 3 rings (SSSR count). The molecule has 12 heteroatoms. The summed E-state index contributed by atoms with van der Waals surface area (Å²) in [5.74, 6) is -1.74. The number of rotatable bonds is 3. The molecule has 1 aromatic carbocycles. The van der Waals surface area contributed by atoms with Crippen molar-refractivity contribution in [2.24, 2.45) is 10.7 Å². The monoisotopic (exact) mass is 448 g/mol. The van der Waals surface area contributed by atoms with E-state index in [9.17, 15) is 26.7 Å². The van der Waals surface area contributed by atoms with Gasteiger partial charge in [0.1, 0.15) is 23.7 Å². The summed E-state index contributed by atoms with van der Waals surface area (Å²) in [5.41, 5.74) is 1.99. The first-order valence-electron chi connectivity index (χ1n) is 8.38. The van der Waals surface area contributed by atoms with Crippen molar-refractivity contribution in [1.82, 2.24) is 4.98 Å². The number of alkyl halides is 4. The number of anilines is 1. The molecule has 0 aliphatic carbocycles. The molecule has 0 radical (unpaired) electrons. The second-order valence-electron chi connectivity index (χ2n) is 6.58. The molecule has 0 saturated heterocycles. The third-order valence-electron chi connectivity index (χ3n) is 4.48. The first-order valence-corrected chi connectivity index (χ1v) is 8.76. The first-order chi connectivity index (χ1) is 13.9. The summed E-state index contributed by atoms with van der Waals surface area (Å²) in [5, 5.41) is 1.81. The van der Waals surface area contributed by atoms with Crippen LogP contribution in [0.25, 0.3) is 0 Å². The molecular weight excluding hydrogens is 435 g/mol. The number of nitrogens with two attached hydrogens (primary N) is 1. The molecule has 0 bridgehead atoms. The van der Waals surface area contributed by atoms with E-state index in [2.05, 4.69) is 15.3 Å². The van der Waals surface area contributed by atoms with Gasteiger partial charge in [-0.1, -0.05) is 11.6 Å². The van der Waals surface area contributed by atoms with Crippen LogP contribution in [0.5, 0.6) is 0 Å². The van der Waals surface area contributed by atoms with Gasteiger partial charge in [0.15, 0.2) is 6.17 Å². The van der Waals surface area contributed by atoms with Crippen molar-refractivity contribution in [3.8, 4) is 0 Å². The van der Waals surface area contributed by atoms with Crippen LogP contribution in [0.3, 0.4) is 0 Å². The average molecular weight is 449 g/mol. The molecular formula is C18H14ClF5N4O2. The van der Waals surface area contributed by atoms with E-state index in [0.717, 1.165) is 12.1 Å². The van der Waals surface area contributed by atoms with Gasteiger partial charge >= 0.3 is 6.18 Å². The van der Waals surface area contributed by atoms with Crippen LogP contribution < -0.4 is 11.1 Å². The summed E-state index contributed by atoms with van der Waals surface area (Å²) >= 11 is 5.75. The lowest BCUT2D eigenvalue weighted by Gasteiger charge is -2.33. The van der Waals surface area contributed by atoms with E-state index in [-0.39, 0.29) is 17.3 Å². The Balaban J connectivity index is 1.91. The molecule has 2 heterocycles. The summed E-state index contributed by atoms with van der Waals surface area (Å²) < 4.78 is 71.8. The minimum absolute atomic E-state index is 0.0165. The number of aromatic nitrogens is 1. The normalized spacial score (nSPS) is 21.6. The molecule has 1 aromatic heterocycles. The summed E-state index contributed by atoms with van der Waals surface area (Å²) in [6.45, 7) is 0.873. The third-order valence-corrected chi connectivity index (χ3v) is 4.77. The fourth-order valence-corrected chi connectivity index (χ4v) is 3.07. The number of hydrogen-bond acceptors (Lipinski definition) is 5. The standard InChI is InChI=1S/C18H14ClF5N4O2/c1-17(13(21)7-30-16(25)28-17)10-5-9(2-3-12(10)20)27-15(29)14-11(19)4-8(6-26-14)18(22,23)24/h2-6,13H,7H2,1H3,(H2,25,28)(H,27,29)/t13-,17-/m1/s1. The van der Waals surface area contributed by atoms with Gasteiger partial charge in [0, 0.05) is 17.4 Å². The summed E-state index contributed by atoms with van der Waals surface area (Å²) in [4.78, 5) is 19.7. The number of hydrogen-bond donors (Lipinski definition) is 2. The average Bonchev–Trinajstić information content (AvgIpc) is 2.65. The van der Waals surface area contributed by atoms with Gasteiger partial charge in [-0.3, -0.25) is 4.79 Å². The molecule has 0 saturated carbocycles. The number of halogens is 6. The van der Waals surface area contributed by atoms with Crippen LogP contribution >= 0.6 is 11.6 Å². The van der Waals surface area contributed by atoms with Gasteiger partial charge in [-0.05, 0) is 31.2 Å². The highest BCUT2D eigenvalue weighted by molar-refractivity contribution is 6.34. The highest BCUT2D eigenvalue weighted by Crippen LogP contribution is 2.37. The maximum absolute atomic E-state index is 14.5. The molecule has 0 unspecified atom stereocenters. The number of ether oxygens (including phenoxy) is 1. The maximum Gasteiger partial charge on any atom is 0.417 e. The van der Waals surface area contributed by atoms with E-state index in [4.69, 9.17) is 22.1 Å². The fourth-order valence-electron chi connectivity index (χ4n) is 2.82. The Labute approximate surface area is 171 Å². The smallest absolute Gasteiger partial charge is 0.417 e. The minimum Gasteiger partial charge on any atom is -0.462 e. The summed E-state index contributed by atoms with van der Waals surface area (Å²) in [6, 6.07) is 3.54. The molecule has 1 aliphatic heterocycles. The van der Waals surface area contributed by atoms with Crippen molar-refractivity contribution < 1.29 is 31.5 Å². The predicted octanol–water partition coefficient (Wildman–Crippen LogP) is 4.04. The van der Waals surface area contributed by atoms with Crippen molar-refractivity contribution in [1.29, 1.82) is 0 Å². The molecule has 0 spiro atoms. The molecule has 30 heavy (non-hydrogen) atoms. The van der Waals surface area contributed by atoms with E-state index in [0.29, 0.717) is 12.3 Å². The van der Waals surface area contributed by atoms with Crippen LogP contribution in [0.2, 0.25) is 5.02 Å². The Bertz CT molecular complexity index is 1030. The quantitative estimate of drug-likeness (QED) is 0.693. The second-order valence-corrected chi connectivity index (χ2v) is 6.98. The van der Waals surface area contributed by atoms with Crippen molar-refractivity contribution >= 4 is 29.2 Å². The Morgan fingerprint density at radius 2 is 2.07 bits per heavy atom. The van der Waals surface area contributed by atoms with Gasteiger partial charge in [0.2, 0.25) is 0 Å². The Kier molecular flexibility index (Phi) is 5.59. The largest absolute Gasteiger partial charge is 0.462 e. The van der Waals surface area contributed by atoms with Crippen LogP contribution in [-0.2, 0) is 16.5 Å². The number of nitrogens with zero attached hydrogens (tertiary/aromatic N) is 2. The highest BCUT2D eigenvalue weighted by Gasteiger charge is 2.42. The van der Waals surface area contributed by atoms with Crippen molar-refractivity contribution in [2.75, 3.05) is 11.9 Å². The van der Waals surface area contributed by atoms with E-state index >= 15 is 0 Å². The van der Waals surface area contributed by atoms with Crippen molar-refractivity contribution in [2.45, 2.75) is 24.8 Å². The number of amides is 1. The van der Waals surface area contributed by atoms with E-state index < -0.39 is 52.5 Å². The summed E-state index contributed by atoms with van der Waals surface area (Å²) in [7, 11) is 0. The SMILES string of the molecule is C[C@]1(c2cc(NC(=O)c3ncc(C(F)(F)F)cc3Cl)ccc2F)N=C(N)OC[C@H]1F. The lowest BCUT2D eigenvalue weighted by atomic mass is 9.86. The zero-order valence-electron chi connectivity index (χ0n) is 15.2. The van der Waals surface area contributed by atoms with Crippen molar-refractivity contribution in [3.63, 3.8) is 0 Å². The third kappa shape index (κ3) is 4.16. The fraction of sp³-hybridized carbons (Fsp3) is 0.278. The number of nitrogens with one attached hydrogen (secondary N) is 1. The second kappa shape index (κ2) is 7.71. The van der Waals surface area contributed by atoms with Gasteiger partial charge in [-0.2, -0.15) is 13.2 Å². The number of pyridine rings is 1. The van der Waals surface area contributed by atoms with Gasteiger partial charge in [0.05, 0.1) is 10.6 Å². The molecule has 6 nitrogen and oxygen atoms in total. The Morgan fingerprint density at radius 1 is 1.37 bits per heavy atom. The van der Waals surface area contributed by atoms with Gasteiger partial charge in [0.25, 0.3) is 11.9 Å². The molecule has 1 amide bonds. The predicted molar refractivity (Wildman–Crippen MR) is 98.4 cm³/mol. The first kappa shape index (κ1) is 21.8. The molecule has 2 atom stereocenters. The van der Waals surface area contributed by atoms with E-state index in [1.54, 1.807) is 0 Å². The van der Waals surface area contributed by atoms with Gasteiger partial charge in [-0.15, -0.1) is 0 Å². The van der Waals surface area contributed by atoms with Crippen LogP contribution in [-0.4, -0.2) is 29.7 Å². The highest BCUT2D eigenvalue weighted by atomic mass is 35.5.